The third-order valence-electron chi connectivity index (χ3n) is 5.95. The number of hydrogen-bond acceptors (Lipinski definition) is 6. The minimum atomic E-state index is -0.229. The molecule has 33 heavy (non-hydrogen) atoms. The maximum Gasteiger partial charge on any atom is 0.279 e. The Morgan fingerprint density at radius 2 is 1.76 bits per heavy atom. The van der Waals surface area contributed by atoms with Gasteiger partial charge in [-0.05, 0) is 48.9 Å². The van der Waals surface area contributed by atoms with Crippen LogP contribution >= 0.6 is 0 Å². The SMILES string of the molecule is Cc1ccc(N2CCOCC2)cc1-n1nc(-c2cc(O)cc(C=O)c2)c2ccccc2c1=O. The predicted molar refractivity (Wildman–Crippen MR) is 128 cm³/mol. The molecule has 166 valence electrons. The maximum absolute atomic E-state index is 13.5. The highest BCUT2D eigenvalue weighted by molar-refractivity contribution is 5.95. The first-order valence-electron chi connectivity index (χ1n) is 10.8. The van der Waals surface area contributed by atoms with Crippen molar-refractivity contribution in [2.75, 3.05) is 31.2 Å². The summed E-state index contributed by atoms with van der Waals surface area (Å²) in [5, 5.41) is 16.1. The fraction of sp³-hybridized carbons (Fsp3) is 0.192. The van der Waals surface area contributed by atoms with Crippen molar-refractivity contribution in [2.45, 2.75) is 6.92 Å². The van der Waals surface area contributed by atoms with E-state index in [0.29, 0.717) is 52.8 Å². The number of nitrogens with zero attached hydrogens (tertiary/aromatic N) is 3. The van der Waals surface area contributed by atoms with Crippen LogP contribution in [0.25, 0.3) is 27.7 Å². The number of phenols is 1. The third-order valence-corrected chi connectivity index (χ3v) is 5.95. The van der Waals surface area contributed by atoms with Crippen molar-refractivity contribution < 1.29 is 14.6 Å². The molecule has 1 N–H and O–H groups in total. The number of aryl methyl sites for hydroxylation is 1. The highest BCUT2D eigenvalue weighted by Gasteiger charge is 2.18. The first-order chi connectivity index (χ1) is 16.0. The Kier molecular flexibility index (Phi) is 5.40. The van der Waals surface area contributed by atoms with E-state index in [-0.39, 0.29) is 11.3 Å². The molecule has 2 heterocycles. The summed E-state index contributed by atoms with van der Waals surface area (Å²) in [6.07, 6.45) is 0.678. The van der Waals surface area contributed by atoms with Crippen molar-refractivity contribution in [1.29, 1.82) is 0 Å². The Labute approximate surface area is 190 Å². The van der Waals surface area contributed by atoms with Crippen LogP contribution in [0.15, 0.2) is 65.5 Å². The molecule has 0 unspecified atom stereocenters. The number of carbonyl (C=O) groups is 1. The van der Waals surface area contributed by atoms with Gasteiger partial charge in [0.25, 0.3) is 5.56 Å². The Balaban J connectivity index is 1.75. The lowest BCUT2D eigenvalue weighted by Crippen LogP contribution is -2.36. The normalized spacial score (nSPS) is 13.9. The quantitative estimate of drug-likeness (QED) is 0.486. The minimum Gasteiger partial charge on any atom is -0.508 e. The van der Waals surface area contributed by atoms with E-state index in [2.05, 4.69) is 4.90 Å². The van der Waals surface area contributed by atoms with Crippen LogP contribution in [0.2, 0.25) is 0 Å². The first-order valence-corrected chi connectivity index (χ1v) is 10.8. The molecule has 1 aliphatic heterocycles. The van der Waals surface area contributed by atoms with Gasteiger partial charge in [0.15, 0.2) is 0 Å². The number of anilines is 1. The Morgan fingerprint density at radius 1 is 1.00 bits per heavy atom. The van der Waals surface area contributed by atoms with Gasteiger partial charge in [0, 0.05) is 35.3 Å². The van der Waals surface area contributed by atoms with Crippen LogP contribution in [0.5, 0.6) is 5.75 Å². The predicted octanol–water partition coefficient (Wildman–Crippen LogP) is 3.72. The molecular weight excluding hydrogens is 418 g/mol. The van der Waals surface area contributed by atoms with Crippen molar-refractivity contribution in [3.05, 3.63) is 82.1 Å². The standard InChI is InChI=1S/C26H23N3O4/c1-17-6-7-20(28-8-10-33-11-9-28)15-24(17)29-26(32)23-5-3-2-4-22(23)25(27-29)19-12-18(16-30)13-21(31)14-19/h2-7,12-16,31H,8-11H2,1H3. The zero-order valence-electron chi connectivity index (χ0n) is 18.2. The van der Waals surface area contributed by atoms with Gasteiger partial charge in [-0.2, -0.15) is 9.78 Å². The van der Waals surface area contributed by atoms with Crippen molar-refractivity contribution in [2.24, 2.45) is 0 Å². The molecule has 4 aromatic rings. The minimum absolute atomic E-state index is 0.0382. The van der Waals surface area contributed by atoms with Crippen LogP contribution in [-0.4, -0.2) is 47.5 Å². The summed E-state index contributed by atoms with van der Waals surface area (Å²) in [7, 11) is 0. The van der Waals surface area contributed by atoms with E-state index in [9.17, 15) is 14.7 Å². The molecule has 1 aliphatic rings. The fourth-order valence-electron chi connectivity index (χ4n) is 4.25. The van der Waals surface area contributed by atoms with Gasteiger partial charge < -0.3 is 14.7 Å². The van der Waals surface area contributed by atoms with Crippen LogP contribution < -0.4 is 10.5 Å². The second kappa shape index (κ2) is 8.52. The number of carbonyl (C=O) groups excluding carboxylic acids is 1. The highest BCUT2D eigenvalue weighted by atomic mass is 16.5. The molecule has 0 aliphatic carbocycles. The van der Waals surface area contributed by atoms with E-state index in [4.69, 9.17) is 9.84 Å². The number of aldehydes is 1. The van der Waals surface area contributed by atoms with Crippen LogP contribution in [0.1, 0.15) is 15.9 Å². The maximum atomic E-state index is 13.5. The lowest BCUT2D eigenvalue weighted by Gasteiger charge is -2.29. The number of rotatable bonds is 4. The Morgan fingerprint density at radius 3 is 2.52 bits per heavy atom. The molecule has 1 saturated heterocycles. The zero-order chi connectivity index (χ0) is 22.9. The van der Waals surface area contributed by atoms with Gasteiger partial charge in [-0.25, -0.2) is 0 Å². The average Bonchev–Trinajstić information content (AvgIpc) is 2.85. The second-order valence-electron chi connectivity index (χ2n) is 8.11. The lowest BCUT2D eigenvalue weighted by molar-refractivity contribution is 0.112. The topological polar surface area (TPSA) is 84.7 Å². The van der Waals surface area contributed by atoms with E-state index in [0.717, 1.165) is 24.3 Å². The average molecular weight is 441 g/mol. The number of benzene rings is 3. The summed E-state index contributed by atoms with van der Waals surface area (Å²) in [4.78, 5) is 27.1. The molecule has 7 nitrogen and oxygen atoms in total. The summed E-state index contributed by atoms with van der Waals surface area (Å²) in [5.41, 5.74) is 3.78. The molecule has 1 fully saturated rings. The van der Waals surface area contributed by atoms with Crippen LogP contribution in [0, 0.1) is 6.92 Å². The van der Waals surface area contributed by atoms with Crippen molar-refractivity contribution in [3.63, 3.8) is 0 Å². The number of fused-ring (bicyclic) bond motifs is 1. The van der Waals surface area contributed by atoms with E-state index >= 15 is 0 Å². The largest absolute Gasteiger partial charge is 0.508 e. The smallest absolute Gasteiger partial charge is 0.279 e. The third kappa shape index (κ3) is 3.87. The number of aromatic hydroxyl groups is 1. The zero-order valence-corrected chi connectivity index (χ0v) is 18.2. The molecular formula is C26H23N3O4. The molecule has 3 aromatic carbocycles. The summed E-state index contributed by atoms with van der Waals surface area (Å²) in [6, 6.07) is 17.9. The molecule has 7 heteroatoms. The Hall–Kier alpha value is -3.97. The van der Waals surface area contributed by atoms with E-state index in [1.54, 1.807) is 18.2 Å². The van der Waals surface area contributed by atoms with E-state index in [1.807, 2.05) is 43.3 Å². The van der Waals surface area contributed by atoms with E-state index in [1.165, 1.54) is 10.7 Å². The number of morpholine rings is 1. The molecule has 0 spiro atoms. The fourth-order valence-corrected chi connectivity index (χ4v) is 4.25. The van der Waals surface area contributed by atoms with Crippen molar-refractivity contribution in [1.82, 2.24) is 9.78 Å². The van der Waals surface area contributed by atoms with Crippen LogP contribution in [-0.2, 0) is 4.74 Å². The molecule has 0 saturated carbocycles. The molecule has 0 atom stereocenters. The number of phenolic OH excluding ortho intramolecular Hbond substituents is 1. The van der Waals surface area contributed by atoms with Gasteiger partial charge in [-0.15, -0.1) is 0 Å². The van der Waals surface area contributed by atoms with Crippen LogP contribution in [0.4, 0.5) is 5.69 Å². The van der Waals surface area contributed by atoms with Gasteiger partial charge >= 0.3 is 0 Å². The number of ether oxygens (including phenoxy) is 1. The Bertz CT molecular complexity index is 1420. The molecule has 0 bridgehead atoms. The second-order valence-corrected chi connectivity index (χ2v) is 8.11. The highest BCUT2D eigenvalue weighted by Crippen LogP contribution is 2.30. The van der Waals surface area contributed by atoms with Gasteiger partial charge in [0.1, 0.15) is 12.0 Å². The van der Waals surface area contributed by atoms with Gasteiger partial charge in [-0.3, -0.25) is 9.59 Å². The van der Waals surface area contributed by atoms with E-state index < -0.39 is 0 Å². The molecule has 5 rings (SSSR count). The lowest BCUT2D eigenvalue weighted by atomic mass is 10.0. The molecule has 0 radical (unpaired) electrons. The number of aromatic nitrogens is 2. The first kappa shape index (κ1) is 20.9. The summed E-state index contributed by atoms with van der Waals surface area (Å²) < 4.78 is 6.88. The van der Waals surface area contributed by atoms with Crippen LogP contribution in [0.3, 0.4) is 0 Å². The monoisotopic (exact) mass is 441 g/mol. The molecule has 0 amide bonds. The van der Waals surface area contributed by atoms with Gasteiger partial charge in [0.05, 0.1) is 30.0 Å². The molecule has 1 aromatic heterocycles. The number of hydrogen-bond donors (Lipinski definition) is 1. The summed E-state index contributed by atoms with van der Waals surface area (Å²) in [5.74, 6) is -0.0382. The van der Waals surface area contributed by atoms with Gasteiger partial charge in [-0.1, -0.05) is 24.3 Å². The summed E-state index contributed by atoms with van der Waals surface area (Å²) in [6.45, 7) is 4.84. The van der Waals surface area contributed by atoms with Gasteiger partial charge in [0.2, 0.25) is 0 Å². The summed E-state index contributed by atoms with van der Waals surface area (Å²) >= 11 is 0. The van der Waals surface area contributed by atoms with Crippen molar-refractivity contribution in [3.8, 4) is 22.7 Å². The van der Waals surface area contributed by atoms with Crippen molar-refractivity contribution >= 4 is 22.7 Å².